The molecule has 0 bridgehead atoms. The second kappa shape index (κ2) is 9.59. The summed E-state index contributed by atoms with van der Waals surface area (Å²) in [4.78, 5) is 15.1. The lowest BCUT2D eigenvalue weighted by Gasteiger charge is -2.40. The van der Waals surface area contributed by atoms with E-state index in [1.165, 1.54) is 37.1 Å². The fourth-order valence-electron chi connectivity index (χ4n) is 4.51. The minimum Gasteiger partial charge on any atom is -0.300 e. The Labute approximate surface area is 183 Å². The zero-order valence-corrected chi connectivity index (χ0v) is 18.4. The summed E-state index contributed by atoms with van der Waals surface area (Å²) in [6, 6.07) is 14.5. The van der Waals surface area contributed by atoms with Gasteiger partial charge in [0.25, 0.3) is 0 Å². The van der Waals surface area contributed by atoms with Crippen LogP contribution >= 0.6 is 0 Å². The maximum atomic E-state index is 13.0. The van der Waals surface area contributed by atoms with Crippen molar-refractivity contribution >= 4 is 15.8 Å². The molecular weight excluding hydrogens is 415 g/mol. The fraction of sp³-hybridized carbons (Fsp3) is 0.458. The molecule has 2 aromatic rings. The van der Waals surface area contributed by atoms with Crippen molar-refractivity contribution in [3.05, 3.63) is 66.0 Å². The number of carbonyl (C=O) groups excluding carboxylic acids is 1. The molecule has 166 valence electrons. The highest BCUT2D eigenvalue weighted by Crippen LogP contribution is 2.39. The van der Waals surface area contributed by atoms with Crippen LogP contribution in [0, 0.1) is 11.7 Å². The number of nitrogens with zero attached hydrogens (tertiary/aromatic N) is 1. The number of hydrogen-bond donors (Lipinski definition) is 1. The van der Waals surface area contributed by atoms with Crippen LogP contribution in [0.4, 0.5) is 4.39 Å². The average Bonchev–Trinajstić information content (AvgIpc) is 3.61. The second-order valence-corrected chi connectivity index (χ2v) is 10.3. The van der Waals surface area contributed by atoms with Gasteiger partial charge in [0.2, 0.25) is 10.0 Å². The number of piperidine rings is 1. The standard InChI is InChI=1S/C24H29FN2O3S/c25-20-12-10-19(11-13-20)24(28)7-4-15-27-16-14-21(17-23(27)18-8-9-18)26-31(29,30)22-5-2-1-3-6-22/h1-3,5-6,10-13,18,21,23,26H,4,7-9,14-17H2. The topological polar surface area (TPSA) is 66.5 Å². The molecule has 0 radical (unpaired) electrons. The lowest BCUT2D eigenvalue weighted by molar-refractivity contribution is 0.0935. The Kier molecular flexibility index (Phi) is 6.84. The molecule has 2 aromatic carbocycles. The number of halogens is 1. The minimum atomic E-state index is -3.51. The van der Waals surface area contributed by atoms with Gasteiger partial charge in [-0.25, -0.2) is 17.5 Å². The number of sulfonamides is 1. The number of Topliss-reactive ketones (excluding diaryl/α,β-unsaturated/α-hetero) is 1. The van der Waals surface area contributed by atoms with E-state index in [1.807, 2.05) is 0 Å². The van der Waals surface area contributed by atoms with Gasteiger partial charge < -0.3 is 0 Å². The van der Waals surface area contributed by atoms with E-state index in [9.17, 15) is 17.6 Å². The van der Waals surface area contributed by atoms with Crippen molar-refractivity contribution in [2.45, 2.75) is 55.5 Å². The van der Waals surface area contributed by atoms with E-state index in [1.54, 1.807) is 30.3 Å². The third-order valence-corrected chi connectivity index (χ3v) is 7.85. The van der Waals surface area contributed by atoms with Gasteiger partial charge in [0.1, 0.15) is 5.82 Å². The number of rotatable bonds is 9. The van der Waals surface area contributed by atoms with E-state index in [0.29, 0.717) is 28.8 Å². The van der Waals surface area contributed by atoms with E-state index in [-0.39, 0.29) is 17.6 Å². The average molecular weight is 445 g/mol. The Morgan fingerprint density at radius 3 is 2.42 bits per heavy atom. The Morgan fingerprint density at radius 1 is 1.03 bits per heavy atom. The molecule has 1 aliphatic heterocycles. The molecule has 1 N–H and O–H groups in total. The van der Waals surface area contributed by atoms with Crippen molar-refractivity contribution in [1.29, 1.82) is 0 Å². The quantitative estimate of drug-likeness (QED) is 0.594. The van der Waals surface area contributed by atoms with Gasteiger partial charge >= 0.3 is 0 Å². The summed E-state index contributed by atoms with van der Waals surface area (Å²) in [5.74, 6) is 0.319. The van der Waals surface area contributed by atoms with Crippen LogP contribution in [0.5, 0.6) is 0 Å². The maximum absolute atomic E-state index is 13.0. The van der Waals surface area contributed by atoms with Crippen LogP contribution in [0.2, 0.25) is 0 Å². The summed E-state index contributed by atoms with van der Waals surface area (Å²) in [7, 11) is -3.51. The summed E-state index contributed by atoms with van der Waals surface area (Å²) in [5, 5.41) is 0. The highest BCUT2D eigenvalue weighted by molar-refractivity contribution is 7.89. The Morgan fingerprint density at radius 2 is 1.74 bits per heavy atom. The summed E-state index contributed by atoms with van der Waals surface area (Å²) < 4.78 is 41.3. The van der Waals surface area contributed by atoms with Crippen LogP contribution in [-0.2, 0) is 10.0 Å². The smallest absolute Gasteiger partial charge is 0.240 e. The molecule has 2 atom stereocenters. The molecule has 1 heterocycles. The first kappa shape index (κ1) is 22.1. The first-order valence-corrected chi connectivity index (χ1v) is 12.5. The van der Waals surface area contributed by atoms with E-state index in [2.05, 4.69) is 9.62 Å². The molecule has 2 unspecified atom stereocenters. The molecule has 2 aliphatic rings. The first-order chi connectivity index (χ1) is 14.9. The van der Waals surface area contributed by atoms with Gasteiger partial charge in [-0.2, -0.15) is 0 Å². The number of carbonyl (C=O) groups is 1. The van der Waals surface area contributed by atoms with Gasteiger partial charge in [-0.15, -0.1) is 0 Å². The van der Waals surface area contributed by atoms with Gasteiger partial charge in [-0.3, -0.25) is 9.69 Å². The van der Waals surface area contributed by atoms with Crippen molar-refractivity contribution in [3.8, 4) is 0 Å². The van der Waals surface area contributed by atoms with E-state index >= 15 is 0 Å². The summed E-state index contributed by atoms with van der Waals surface area (Å²) in [6.45, 7) is 1.65. The monoisotopic (exact) mass is 444 g/mol. The molecule has 4 rings (SSSR count). The van der Waals surface area contributed by atoms with Crippen molar-refractivity contribution in [3.63, 3.8) is 0 Å². The van der Waals surface area contributed by atoms with Gasteiger partial charge in [0.05, 0.1) is 4.90 Å². The van der Waals surface area contributed by atoms with Gasteiger partial charge in [0, 0.05) is 24.1 Å². The van der Waals surface area contributed by atoms with Gasteiger partial charge in [-0.1, -0.05) is 18.2 Å². The summed E-state index contributed by atoms with van der Waals surface area (Å²) >= 11 is 0. The number of hydrogen-bond acceptors (Lipinski definition) is 4. The van der Waals surface area contributed by atoms with E-state index < -0.39 is 10.0 Å². The van der Waals surface area contributed by atoms with Crippen LogP contribution in [0.3, 0.4) is 0 Å². The van der Waals surface area contributed by atoms with Crippen molar-refractivity contribution in [2.75, 3.05) is 13.1 Å². The molecule has 5 nitrogen and oxygen atoms in total. The number of nitrogens with one attached hydrogen (secondary N) is 1. The molecule has 1 aliphatic carbocycles. The van der Waals surface area contributed by atoms with Crippen LogP contribution in [0.1, 0.15) is 48.9 Å². The molecule has 0 spiro atoms. The third kappa shape index (κ3) is 5.79. The van der Waals surface area contributed by atoms with Crippen LogP contribution in [0.15, 0.2) is 59.5 Å². The van der Waals surface area contributed by atoms with E-state index in [0.717, 1.165) is 32.4 Å². The normalized spacial score (nSPS) is 22.4. The SMILES string of the molecule is O=C(CCCN1CCC(NS(=O)(=O)c2ccccc2)CC1C1CC1)c1ccc(F)cc1. The lowest BCUT2D eigenvalue weighted by atomic mass is 9.94. The maximum Gasteiger partial charge on any atom is 0.240 e. The molecule has 1 saturated carbocycles. The number of ketones is 1. The predicted molar refractivity (Wildman–Crippen MR) is 118 cm³/mol. The zero-order chi connectivity index (χ0) is 21.8. The molecule has 31 heavy (non-hydrogen) atoms. The summed E-state index contributed by atoms with van der Waals surface area (Å²) in [5.41, 5.74) is 0.550. The molecule has 2 fully saturated rings. The Hall–Kier alpha value is -2.09. The van der Waals surface area contributed by atoms with Gasteiger partial charge in [0.15, 0.2) is 5.78 Å². The zero-order valence-electron chi connectivity index (χ0n) is 17.5. The Bertz CT molecular complexity index is 991. The highest BCUT2D eigenvalue weighted by atomic mass is 32.2. The predicted octanol–water partition coefficient (Wildman–Crippen LogP) is 4.01. The molecule has 0 aromatic heterocycles. The first-order valence-electron chi connectivity index (χ1n) is 11.0. The van der Waals surface area contributed by atoms with Crippen LogP contribution in [-0.4, -0.2) is 44.3 Å². The molecular formula is C24H29FN2O3S. The van der Waals surface area contributed by atoms with Crippen molar-refractivity contribution < 1.29 is 17.6 Å². The highest BCUT2D eigenvalue weighted by Gasteiger charge is 2.40. The number of likely N-dealkylation sites (tertiary alicyclic amines) is 1. The molecule has 1 saturated heterocycles. The van der Waals surface area contributed by atoms with Gasteiger partial charge in [-0.05, 0) is 87.5 Å². The Balaban J connectivity index is 1.30. The second-order valence-electron chi connectivity index (χ2n) is 8.63. The van der Waals surface area contributed by atoms with Crippen molar-refractivity contribution in [1.82, 2.24) is 9.62 Å². The minimum absolute atomic E-state index is 0.0356. The summed E-state index contributed by atoms with van der Waals surface area (Å²) in [6.07, 6.45) is 5.13. The third-order valence-electron chi connectivity index (χ3n) is 6.32. The fourth-order valence-corrected chi connectivity index (χ4v) is 5.82. The number of benzene rings is 2. The van der Waals surface area contributed by atoms with Crippen LogP contribution < -0.4 is 4.72 Å². The van der Waals surface area contributed by atoms with Crippen LogP contribution in [0.25, 0.3) is 0 Å². The van der Waals surface area contributed by atoms with Crippen molar-refractivity contribution in [2.24, 2.45) is 5.92 Å². The lowest BCUT2D eigenvalue weighted by Crippen LogP contribution is -2.51. The molecule has 0 amide bonds. The largest absolute Gasteiger partial charge is 0.300 e. The van der Waals surface area contributed by atoms with E-state index in [4.69, 9.17) is 0 Å². The molecule has 7 heteroatoms.